The second-order valence-electron chi connectivity index (χ2n) is 4.27. The minimum Gasteiger partial charge on any atom is -0.298 e. The number of hydrogen-bond acceptors (Lipinski definition) is 5. The quantitative estimate of drug-likeness (QED) is 0.612. The Bertz CT molecular complexity index is 802. The molecule has 1 aromatic heterocycles. The van der Waals surface area contributed by atoms with E-state index in [1.807, 2.05) is 23.7 Å². The summed E-state index contributed by atoms with van der Waals surface area (Å²) in [5, 5.41) is 12.1. The smallest absolute Gasteiger partial charge is 0.257 e. The van der Waals surface area contributed by atoms with Crippen LogP contribution in [0.5, 0.6) is 0 Å². The Hall–Kier alpha value is -1.96. The molecule has 0 saturated carbocycles. The Morgan fingerprint density at radius 3 is 2.67 bits per heavy atom. The molecular formula is C14H10BrN3O2S. The van der Waals surface area contributed by atoms with Gasteiger partial charge in [-0.15, -0.1) is 0 Å². The molecule has 3 rings (SSSR count). The summed E-state index contributed by atoms with van der Waals surface area (Å²) in [6.07, 6.45) is 0. The molecule has 106 valence electrons. The van der Waals surface area contributed by atoms with Gasteiger partial charge in [0.1, 0.15) is 0 Å². The fourth-order valence-corrected chi connectivity index (χ4v) is 3.23. The molecule has 1 amide bonds. The number of amides is 1. The number of nitrogens with one attached hydrogen (secondary N) is 2. The average Bonchev–Trinajstić information content (AvgIpc) is 2.88. The zero-order valence-electron chi connectivity index (χ0n) is 10.6. The number of aromatic nitrogens is 1. The maximum atomic E-state index is 12.1. The SMILES string of the molecule is O=C(Nc1nc2ccc(Br)cc2s1)c1ccc(NO)cc1. The van der Waals surface area contributed by atoms with Crippen molar-refractivity contribution in [2.45, 2.75) is 0 Å². The van der Waals surface area contributed by atoms with Crippen molar-refractivity contribution in [3.8, 4) is 0 Å². The molecule has 0 spiro atoms. The van der Waals surface area contributed by atoms with Gasteiger partial charge < -0.3 is 0 Å². The summed E-state index contributed by atoms with van der Waals surface area (Å²) >= 11 is 4.82. The molecule has 0 radical (unpaired) electrons. The van der Waals surface area contributed by atoms with Crippen molar-refractivity contribution in [2.24, 2.45) is 0 Å². The lowest BCUT2D eigenvalue weighted by Crippen LogP contribution is -2.11. The number of carbonyl (C=O) groups is 1. The Kier molecular flexibility index (Phi) is 3.87. The number of fused-ring (bicyclic) bond motifs is 1. The summed E-state index contributed by atoms with van der Waals surface area (Å²) < 4.78 is 1.98. The summed E-state index contributed by atoms with van der Waals surface area (Å²) in [6.45, 7) is 0. The van der Waals surface area contributed by atoms with Crippen molar-refractivity contribution in [1.82, 2.24) is 4.98 Å². The highest BCUT2D eigenvalue weighted by Gasteiger charge is 2.10. The first-order valence-electron chi connectivity index (χ1n) is 6.03. The number of halogens is 1. The van der Waals surface area contributed by atoms with Crippen LogP contribution in [0.15, 0.2) is 46.9 Å². The second-order valence-corrected chi connectivity index (χ2v) is 6.22. The number of hydrogen-bond donors (Lipinski definition) is 3. The maximum Gasteiger partial charge on any atom is 0.257 e. The minimum absolute atomic E-state index is 0.238. The maximum absolute atomic E-state index is 12.1. The van der Waals surface area contributed by atoms with Crippen LogP contribution in [0.3, 0.4) is 0 Å². The van der Waals surface area contributed by atoms with E-state index >= 15 is 0 Å². The molecule has 0 unspecified atom stereocenters. The van der Waals surface area contributed by atoms with Crippen LogP contribution in [-0.2, 0) is 0 Å². The summed E-state index contributed by atoms with van der Waals surface area (Å²) in [5.74, 6) is -0.238. The molecular weight excluding hydrogens is 354 g/mol. The Labute approximate surface area is 132 Å². The highest BCUT2D eigenvalue weighted by Crippen LogP contribution is 2.28. The lowest BCUT2D eigenvalue weighted by Gasteiger charge is -2.02. The molecule has 0 aliphatic rings. The van der Waals surface area contributed by atoms with Gasteiger partial charge in [0, 0.05) is 10.0 Å². The molecule has 1 heterocycles. The van der Waals surface area contributed by atoms with Gasteiger partial charge >= 0.3 is 0 Å². The van der Waals surface area contributed by atoms with Gasteiger partial charge in [-0.3, -0.25) is 20.8 Å². The Morgan fingerprint density at radius 1 is 1.19 bits per heavy atom. The van der Waals surface area contributed by atoms with Gasteiger partial charge in [-0.05, 0) is 42.5 Å². The molecule has 0 aliphatic carbocycles. The van der Waals surface area contributed by atoms with Gasteiger partial charge in [0.15, 0.2) is 5.13 Å². The third kappa shape index (κ3) is 3.05. The zero-order chi connectivity index (χ0) is 14.8. The van der Waals surface area contributed by atoms with Crippen molar-refractivity contribution < 1.29 is 10.0 Å². The summed E-state index contributed by atoms with van der Waals surface area (Å²) in [4.78, 5) is 16.5. The van der Waals surface area contributed by atoms with E-state index in [4.69, 9.17) is 5.21 Å². The van der Waals surface area contributed by atoms with Gasteiger partial charge in [0.25, 0.3) is 5.91 Å². The monoisotopic (exact) mass is 363 g/mol. The van der Waals surface area contributed by atoms with Crippen LogP contribution in [0.1, 0.15) is 10.4 Å². The Morgan fingerprint density at radius 2 is 1.95 bits per heavy atom. The molecule has 0 atom stereocenters. The van der Waals surface area contributed by atoms with Gasteiger partial charge in [-0.25, -0.2) is 4.98 Å². The van der Waals surface area contributed by atoms with Gasteiger partial charge in [-0.1, -0.05) is 27.3 Å². The third-order valence-corrected chi connectivity index (χ3v) is 4.27. The molecule has 7 heteroatoms. The second kappa shape index (κ2) is 5.80. The predicted octanol–water partition coefficient (Wildman–Crippen LogP) is 4.11. The molecule has 0 fully saturated rings. The van der Waals surface area contributed by atoms with Crippen LogP contribution in [0, 0.1) is 0 Å². The number of nitrogens with zero attached hydrogens (tertiary/aromatic N) is 1. The van der Waals surface area contributed by atoms with Crippen molar-refractivity contribution in [3.63, 3.8) is 0 Å². The van der Waals surface area contributed by atoms with Gasteiger partial charge in [0.2, 0.25) is 0 Å². The minimum atomic E-state index is -0.238. The van der Waals surface area contributed by atoms with Crippen LogP contribution in [-0.4, -0.2) is 16.1 Å². The normalized spacial score (nSPS) is 10.6. The molecule has 0 aliphatic heterocycles. The number of benzene rings is 2. The first-order chi connectivity index (χ1) is 10.2. The van der Waals surface area contributed by atoms with Crippen molar-refractivity contribution in [1.29, 1.82) is 0 Å². The van der Waals surface area contributed by atoms with Crippen LogP contribution < -0.4 is 10.8 Å². The van der Waals surface area contributed by atoms with Crippen molar-refractivity contribution >= 4 is 54.2 Å². The molecule has 21 heavy (non-hydrogen) atoms. The standard InChI is InChI=1S/C14H10BrN3O2S/c15-9-3-6-11-12(7-9)21-14(16-11)17-13(19)8-1-4-10(18-20)5-2-8/h1-7,18,20H,(H,16,17,19). The van der Waals surface area contributed by atoms with Crippen LogP contribution in [0.2, 0.25) is 0 Å². The van der Waals surface area contributed by atoms with E-state index in [2.05, 4.69) is 26.2 Å². The summed E-state index contributed by atoms with van der Waals surface area (Å²) in [5.41, 5.74) is 3.88. The molecule has 0 bridgehead atoms. The molecule has 3 aromatic rings. The topological polar surface area (TPSA) is 74.2 Å². The van der Waals surface area contributed by atoms with E-state index in [0.29, 0.717) is 16.4 Å². The first-order valence-corrected chi connectivity index (χ1v) is 7.64. The number of rotatable bonds is 3. The molecule has 3 N–H and O–H groups in total. The molecule has 5 nitrogen and oxygen atoms in total. The lowest BCUT2D eigenvalue weighted by molar-refractivity contribution is 0.102. The molecule has 0 saturated heterocycles. The number of thiazole rings is 1. The van der Waals surface area contributed by atoms with Crippen LogP contribution >= 0.6 is 27.3 Å². The van der Waals surface area contributed by atoms with E-state index in [-0.39, 0.29) is 5.91 Å². The van der Waals surface area contributed by atoms with Crippen molar-refractivity contribution in [3.05, 3.63) is 52.5 Å². The number of anilines is 2. The first kappa shape index (κ1) is 14.0. The van der Waals surface area contributed by atoms with E-state index in [0.717, 1.165) is 14.7 Å². The average molecular weight is 364 g/mol. The van der Waals surface area contributed by atoms with Crippen molar-refractivity contribution in [2.75, 3.05) is 10.8 Å². The third-order valence-electron chi connectivity index (χ3n) is 2.85. The fourth-order valence-electron chi connectivity index (χ4n) is 1.82. The van der Waals surface area contributed by atoms with Crippen LogP contribution in [0.25, 0.3) is 10.2 Å². The zero-order valence-corrected chi connectivity index (χ0v) is 13.0. The predicted molar refractivity (Wildman–Crippen MR) is 87.1 cm³/mol. The van der Waals surface area contributed by atoms with E-state index in [1.165, 1.54) is 11.3 Å². The van der Waals surface area contributed by atoms with Gasteiger partial charge in [0.05, 0.1) is 15.9 Å². The highest BCUT2D eigenvalue weighted by molar-refractivity contribution is 9.10. The van der Waals surface area contributed by atoms with E-state index < -0.39 is 0 Å². The lowest BCUT2D eigenvalue weighted by atomic mass is 10.2. The summed E-state index contributed by atoms with van der Waals surface area (Å²) in [6, 6.07) is 12.2. The highest BCUT2D eigenvalue weighted by atomic mass is 79.9. The van der Waals surface area contributed by atoms with Gasteiger partial charge in [-0.2, -0.15) is 0 Å². The van der Waals surface area contributed by atoms with Crippen LogP contribution in [0.4, 0.5) is 10.8 Å². The Balaban J connectivity index is 1.81. The number of carbonyl (C=O) groups excluding carboxylic acids is 1. The van der Waals surface area contributed by atoms with E-state index in [9.17, 15) is 4.79 Å². The van der Waals surface area contributed by atoms with E-state index in [1.54, 1.807) is 24.3 Å². The largest absolute Gasteiger partial charge is 0.298 e. The fraction of sp³-hybridized carbons (Fsp3) is 0. The summed E-state index contributed by atoms with van der Waals surface area (Å²) in [7, 11) is 0. The molecule has 2 aromatic carbocycles.